The van der Waals surface area contributed by atoms with Gasteiger partial charge < -0.3 is 72.3 Å². The SMILES string of the molecule is CN(C)c1ccc(O)c2c1C[C@H]1C[C@H]3[C@H](N(C)C)C(=O)C(C(N)=O)=C(O)[C@@]3(O)C(=O)C1=C2O.Cc1cc2c(C(=O)NC[C@H](C)c3ccccc3)c(O)c(O)cc2c(O)c1-c1c(C)cc2c(C(=O)NC[C@H](C)c3ccccc3)c(O)c(O)cc2c1O. The summed E-state index contributed by atoms with van der Waals surface area (Å²) in [5.41, 5.74) is 5.86. The van der Waals surface area contributed by atoms with Crippen molar-refractivity contribution in [2.45, 2.75) is 64.0 Å². The average molecular weight is 1160 g/mol. The Kier molecular flexibility index (Phi) is 16.0. The topological polar surface area (TPSA) is 344 Å². The highest BCUT2D eigenvalue weighted by molar-refractivity contribution is 6.25. The van der Waals surface area contributed by atoms with Gasteiger partial charge in [0.15, 0.2) is 34.4 Å². The van der Waals surface area contributed by atoms with Gasteiger partial charge in [-0.25, -0.2) is 0 Å². The van der Waals surface area contributed by atoms with E-state index in [1.165, 1.54) is 11.0 Å². The van der Waals surface area contributed by atoms with Crippen molar-refractivity contribution in [3.05, 3.63) is 158 Å². The number of carbonyl (C=O) groups excluding carboxylic acids is 5. The standard InChI is InChI=1S/C42H40N2O8.C23H27N3O7/c1-21-15-27-29(17-31(45)39(49)35(27)41(51)43-19-23(3)25-11-7-5-8-12-25)37(47)33(21)34-22(2)16-28-30(38(34)48)18-32(46)40(50)36(28)42(52)44-20-24(4)26-13-9-6-10-14-26;1-25(2)12-5-6-13(27)15-10(12)7-9-8-11-17(26(3)4)19(29)16(22(24)32)21(31)23(11,33)20(30)14(9)18(15)28/h5-18,23-24,45-50H,19-20H2,1-4H3,(H,43,51)(H,44,52);5-6,9,11,17,27-28,31,33H,7-8H2,1-4H3,(H2,24,32)/t23-,24-;9-,11-,17-,23-/m00/s1. The number of aromatic hydroxyl groups is 7. The first kappa shape index (κ1) is 59.8. The highest BCUT2D eigenvalue weighted by Gasteiger charge is 2.64. The number of nitrogens with one attached hydrogen (secondary N) is 2. The number of phenolic OH excluding ortho intramolecular Hbond substituents is 7. The number of likely N-dealkylation sites (N-methyl/N-ethyl adjacent to an activating group) is 1. The third kappa shape index (κ3) is 10.2. The summed E-state index contributed by atoms with van der Waals surface area (Å²) in [6, 6.07) is 26.6. The van der Waals surface area contributed by atoms with E-state index >= 15 is 0 Å². The number of ketones is 2. The molecule has 3 aliphatic rings. The molecule has 0 saturated heterocycles. The quantitative estimate of drug-likeness (QED) is 0.0413. The number of nitrogens with zero attached hydrogens (tertiary/aromatic N) is 2. The summed E-state index contributed by atoms with van der Waals surface area (Å²) in [5.74, 6) is -11.3. The lowest BCUT2D eigenvalue weighted by Gasteiger charge is -2.50. The Morgan fingerprint density at radius 2 is 1.08 bits per heavy atom. The summed E-state index contributed by atoms with van der Waals surface area (Å²) in [6.45, 7) is 7.67. The number of phenols is 7. The molecule has 85 heavy (non-hydrogen) atoms. The predicted molar refractivity (Wildman–Crippen MR) is 319 cm³/mol. The van der Waals surface area contributed by atoms with Crippen LogP contribution in [-0.2, 0) is 20.8 Å². The minimum Gasteiger partial charge on any atom is -0.508 e. The number of nitrogens with two attached hydrogens (primary N) is 1. The maximum atomic E-state index is 13.7. The van der Waals surface area contributed by atoms with Crippen LogP contribution in [0.3, 0.4) is 0 Å². The summed E-state index contributed by atoms with van der Waals surface area (Å²) in [4.78, 5) is 69.0. The van der Waals surface area contributed by atoms with Crippen LogP contribution in [0.1, 0.15) is 86.2 Å². The first-order chi connectivity index (χ1) is 40.1. The van der Waals surface area contributed by atoms with E-state index in [2.05, 4.69) is 10.6 Å². The molecule has 1 fully saturated rings. The van der Waals surface area contributed by atoms with Gasteiger partial charge in [0.2, 0.25) is 5.78 Å². The minimum atomic E-state index is -2.63. The molecule has 3 amide bonds. The van der Waals surface area contributed by atoms with Crippen molar-refractivity contribution in [2.24, 2.45) is 17.6 Å². The lowest BCUT2D eigenvalue weighted by atomic mass is 9.57. The Balaban J connectivity index is 0.000000225. The number of anilines is 1. The van der Waals surface area contributed by atoms with Crippen LogP contribution in [0.5, 0.6) is 40.2 Å². The van der Waals surface area contributed by atoms with E-state index in [4.69, 9.17) is 5.73 Å². The number of hydrogen-bond donors (Lipinski definition) is 13. The molecule has 0 radical (unpaired) electrons. The zero-order valence-electron chi connectivity index (χ0n) is 47.9. The van der Waals surface area contributed by atoms with Crippen molar-refractivity contribution >= 4 is 62.3 Å². The summed E-state index contributed by atoms with van der Waals surface area (Å²) in [5, 5.41) is 117. The maximum absolute atomic E-state index is 13.7. The van der Waals surface area contributed by atoms with Gasteiger partial charge in [-0.15, -0.1) is 0 Å². The van der Waals surface area contributed by atoms with Gasteiger partial charge in [0.25, 0.3) is 17.7 Å². The van der Waals surface area contributed by atoms with Crippen LogP contribution in [0.4, 0.5) is 5.69 Å². The van der Waals surface area contributed by atoms with Gasteiger partial charge in [0, 0.05) is 77.0 Å². The monoisotopic (exact) mass is 1160 g/mol. The number of aryl methyl sites for hydroxylation is 2. The molecule has 1 saturated carbocycles. The van der Waals surface area contributed by atoms with E-state index in [9.17, 15) is 75.0 Å². The maximum Gasteiger partial charge on any atom is 0.255 e. The molecule has 14 N–H and O–H groups in total. The van der Waals surface area contributed by atoms with Gasteiger partial charge in [0.05, 0.1) is 22.7 Å². The molecule has 0 aliphatic heterocycles. The van der Waals surface area contributed by atoms with Crippen molar-refractivity contribution in [1.29, 1.82) is 0 Å². The Labute approximate surface area is 488 Å². The highest BCUT2D eigenvalue weighted by Crippen LogP contribution is 2.55. The van der Waals surface area contributed by atoms with E-state index in [-0.39, 0.29) is 110 Å². The van der Waals surface area contributed by atoms with Crippen molar-refractivity contribution in [3.8, 4) is 51.4 Å². The number of aliphatic hydroxyl groups is 3. The molecule has 0 unspecified atom stereocenters. The zero-order valence-corrected chi connectivity index (χ0v) is 47.9. The van der Waals surface area contributed by atoms with Crippen LogP contribution in [0.15, 0.2) is 114 Å². The molecule has 0 spiro atoms. The number of benzene rings is 7. The van der Waals surface area contributed by atoms with Gasteiger partial charge >= 0.3 is 0 Å². The van der Waals surface area contributed by atoms with Crippen LogP contribution >= 0.6 is 0 Å². The second kappa shape index (κ2) is 22.8. The number of carbonyl (C=O) groups is 5. The third-order valence-electron chi connectivity index (χ3n) is 16.8. The Morgan fingerprint density at radius 1 is 0.624 bits per heavy atom. The molecular formula is C65H67N5O15. The second-order valence-electron chi connectivity index (χ2n) is 22.6. The van der Waals surface area contributed by atoms with E-state index in [1.54, 1.807) is 46.1 Å². The van der Waals surface area contributed by atoms with Crippen LogP contribution in [0.2, 0.25) is 0 Å². The fraction of sp³-hybridized carbons (Fsp3) is 0.277. The molecule has 6 atom stereocenters. The van der Waals surface area contributed by atoms with Gasteiger partial charge in [-0.05, 0) is 123 Å². The van der Waals surface area contributed by atoms with Gasteiger partial charge in [-0.3, -0.25) is 28.9 Å². The molecule has 0 bridgehead atoms. The van der Waals surface area contributed by atoms with Crippen molar-refractivity contribution < 1.29 is 75.0 Å². The van der Waals surface area contributed by atoms with Gasteiger partial charge in [-0.1, -0.05) is 74.5 Å². The molecule has 20 heteroatoms. The molecule has 3 aliphatic carbocycles. The van der Waals surface area contributed by atoms with Crippen LogP contribution in [0.25, 0.3) is 38.4 Å². The number of aliphatic hydroxyl groups excluding tert-OH is 2. The molecule has 0 aromatic heterocycles. The minimum absolute atomic E-state index is 0.0391. The Hall–Kier alpha value is -9.79. The molecule has 20 nitrogen and oxygen atoms in total. The summed E-state index contributed by atoms with van der Waals surface area (Å²) < 4.78 is 0. The van der Waals surface area contributed by atoms with E-state index in [0.717, 1.165) is 28.9 Å². The summed E-state index contributed by atoms with van der Waals surface area (Å²) >= 11 is 0. The predicted octanol–water partition coefficient (Wildman–Crippen LogP) is 7.61. The third-order valence-corrected chi connectivity index (χ3v) is 16.8. The second-order valence-corrected chi connectivity index (χ2v) is 22.6. The normalized spacial score (nSPS) is 18.9. The number of rotatable bonds is 12. The number of amides is 3. The highest BCUT2D eigenvalue weighted by atomic mass is 16.4. The first-order valence-corrected chi connectivity index (χ1v) is 27.4. The lowest BCUT2D eigenvalue weighted by molar-refractivity contribution is -0.153. The summed E-state index contributed by atoms with van der Waals surface area (Å²) in [7, 11) is 6.75. The number of fused-ring (bicyclic) bond motifs is 5. The van der Waals surface area contributed by atoms with Crippen LogP contribution in [-0.4, -0.2) is 138 Å². The number of hydrogen-bond acceptors (Lipinski definition) is 17. The van der Waals surface area contributed by atoms with Crippen molar-refractivity contribution in [3.63, 3.8) is 0 Å². The van der Waals surface area contributed by atoms with Crippen LogP contribution < -0.4 is 21.3 Å². The van der Waals surface area contributed by atoms with Crippen LogP contribution in [0, 0.1) is 25.7 Å². The van der Waals surface area contributed by atoms with Gasteiger partial charge in [0.1, 0.15) is 34.3 Å². The largest absolute Gasteiger partial charge is 0.508 e. The summed E-state index contributed by atoms with van der Waals surface area (Å²) in [6.07, 6.45) is 0.324. The smallest absolute Gasteiger partial charge is 0.255 e. The van der Waals surface area contributed by atoms with E-state index < -0.39 is 92.9 Å². The van der Waals surface area contributed by atoms with Crippen molar-refractivity contribution in [2.75, 3.05) is 46.2 Å². The number of primary amides is 1. The Morgan fingerprint density at radius 3 is 1.51 bits per heavy atom. The molecule has 7 aromatic rings. The molecule has 0 heterocycles. The van der Waals surface area contributed by atoms with Gasteiger partial charge in [-0.2, -0.15) is 0 Å². The van der Waals surface area contributed by atoms with E-state index in [0.29, 0.717) is 16.7 Å². The molecular weight excluding hydrogens is 1090 g/mol. The Bertz CT molecular complexity index is 3840. The zero-order chi connectivity index (χ0) is 62.0. The van der Waals surface area contributed by atoms with Crippen molar-refractivity contribution in [1.82, 2.24) is 15.5 Å². The average Bonchev–Trinajstić information content (AvgIpc) is 0.824. The van der Waals surface area contributed by atoms with E-state index in [1.807, 2.05) is 93.5 Å². The molecule has 7 aromatic carbocycles. The number of Topliss-reactive ketones (excluding diaryl/α,β-unsaturated/α-hetero) is 2. The molecule has 442 valence electrons. The fourth-order valence-electron chi connectivity index (χ4n) is 12.5. The first-order valence-electron chi connectivity index (χ1n) is 27.4. The lowest BCUT2D eigenvalue weighted by Crippen LogP contribution is -2.65. The molecule has 10 rings (SSSR count). The fourth-order valence-corrected chi connectivity index (χ4v) is 12.5.